The van der Waals surface area contributed by atoms with Crippen LogP contribution in [0.3, 0.4) is 0 Å². The SMILES string of the molecule is O=CCN(CC=O)C1CCCCC1. The Labute approximate surface area is 79.1 Å². The third-order valence-electron chi connectivity index (χ3n) is 2.71. The van der Waals surface area contributed by atoms with Gasteiger partial charge in [0.25, 0.3) is 0 Å². The normalized spacial score (nSPS) is 18.8. The van der Waals surface area contributed by atoms with Gasteiger partial charge in [0.1, 0.15) is 12.6 Å². The molecule has 0 aromatic heterocycles. The molecule has 74 valence electrons. The Morgan fingerprint density at radius 2 is 1.54 bits per heavy atom. The quantitative estimate of drug-likeness (QED) is 0.597. The number of carbonyl (C=O) groups is 2. The maximum atomic E-state index is 10.4. The molecule has 1 rings (SSSR count). The lowest BCUT2D eigenvalue weighted by Crippen LogP contribution is -2.39. The predicted molar refractivity (Wildman–Crippen MR) is 50.6 cm³/mol. The van der Waals surface area contributed by atoms with Crippen molar-refractivity contribution in [2.45, 2.75) is 38.1 Å². The number of hydrogen-bond acceptors (Lipinski definition) is 3. The summed E-state index contributed by atoms with van der Waals surface area (Å²) in [6.07, 6.45) is 7.82. The van der Waals surface area contributed by atoms with Crippen LogP contribution in [0, 0.1) is 0 Å². The Morgan fingerprint density at radius 3 is 2.00 bits per heavy atom. The third kappa shape index (κ3) is 3.27. The van der Waals surface area contributed by atoms with Crippen molar-refractivity contribution in [3.8, 4) is 0 Å². The molecule has 0 bridgehead atoms. The fraction of sp³-hybridized carbons (Fsp3) is 0.800. The van der Waals surface area contributed by atoms with Gasteiger partial charge in [-0.3, -0.25) is 4.90 Å². The highest BCUT2D eigenvalue weighted by atomic mass is 16.1. The summed E-state index contributed by atoms with van der Waals surface area (Å²) in [6.45, 7) is 0.812. The predicted octanol–water partition coefficient (Wildman–Crippen LogP) is 1.02. The van der Waals surface area contributed by atoms with Crippen molar-refractivity contribution in [3.05, 3.63) is 0 Å². The molecule has 0 radical (unpaired) electrons. The van der Waals surface area contributed by atoms with E-state index >= 15 is 0 Å². The first-order valence-corrected chi connectivity index (χ1v) is 5.00. The molecule has 0 spiro atoms. The topological polar surface area (TPSA) is 37.4 Å². The first kappa shape index (κ1) is 10.4. The molecule has 0 aromatic carbocycles. The highest BCUT2D eigenvalue weighted by molar-refractivity contribution is 5.56. The van der Waals surface area contributed by atoms with E-state index in [1.807, 2.05) is 4.90 Å². The van der Waals surface area contributed by atoms with Gasteiger partial charge in [-0.2, -0.15) is 0 Å². The first-order valence-electron chi connectivity index (χ1n) is 5.00. The molecule has 13 heavy (non-hydrogen) atoms. The van der Waals surface area contributed by atoms with E-state index in [1.165, 1.54) is 19.3 Å². The second-order valence-corrected chi connectivity index (χ2v) is 3.58. The zero-order valence-electron chi connectivity index (χ0n) is 7.95. The highest BCUT2D eigenvalue weighted by Gasteiger charge is 2.19. The van der Waals surface area contributed by atoms with E-state index in [2.05, 4.69) is 0 Å². The van der Waals surface area contributed by atoms with Crippen LogP contribution in [0.1, 0.15) is 32.1 Å². The monoisotopic (exact) mass is 183 g/mol. The van der Waals surface area contributed by atoms with E-state index in [0.717, 1.165) is 25.4 Å². The Kier molecular flexibility index (Phi) is 4.68. The second kappa shape index (κ2) is 5.86. The maximum Gasteiger partial charge on any atom is 0.134 e. The van der Waals surface area contributed by atoms with Crippen LogP contribution >= 0.6 is 0 Å². The van der Waals surface area contributed by atoms with Crippen molar-refractivity contribution in [2.75, 3.05) is 13.1 Å². The van der Waals surface area contributed by atoms with E-state index in [4.69, 9.17) is 0 Å². The average Bonchev–Trinajstić information content (AvgIpc) is 2.19. The largest absolute Gasteiger partial charge is 0.302 e. The molecule has 0 atom stereocenters. The molecule has 1 saturated carbocycles. The standard InChI is InChI=1S/C10H17NO2/c12-8-6-11(7-9-13)10-4-2-1-3-5-10/h8-10H,1-7H2. The maximum absolute atomic E-state index is 10.4. The highest BCUT2D eigenvalue weighted by Crippen LogP contribution is 2.21. The van der Waals surface area contributed by atoms with Crippen molar-refractivity contribution in [1.29, 1.82) is 0 Å². The Bertz CT molecular complexity index is 154. The zero-order valence-corrected chi connectivity index (χ0v) is 7.95. The lowest BCUT2D eigenvalue weighted by Gasteiger charge is -2.31. The fourth-order valence-electron chi connectivity index (χ4n) is 2.01. The lowest BCUT2D eigenvalue weighted by atomic mass is 9.94. The molecule has 0 N–H and O–H groups in total. The van der Waals surface area contributed by atoms with E-state index in [0.29, 0.717) is 19.1 Å². The lowest BCUT2D eigenvalue weighted by molar-refractivity contribution is -0.112. The number of nitrogens with zero attached hydrogens (tertiary/aromatic N) is 1. The molecule has 0 aromatic rings. The first-order chi connectivity index (χ1) is 6.38. The summed E-state index contributed by atoms with van der Waals surface area (Å²) in [6, 6.07) is 0.462. The van der Waals surface area contributed by atoms with Crippen molar-refractivity contribution in [2.24, 2.45) is 0 Å². The molecule has 1 aliphatic carbocycles. The number of aldehydes is 2. The Balaban J connectivity index is 2.40. The Morgan fingerprint density at radius 1 is 1.00 bits per heavy atom. The molecule has 3 heteroatoms. The van der Waals surface area contributed by atoms with Crippen LogP contribution in [-0.2, 0) is 9.59 Å². The minimum absolute atomic E-state index is 0.406. The van der Waals surface area contributed by atoms with Crippen LogP contribution < -0.4 is 0 Å². The molecular weight excluding hydrogens is 166 g/mol. The van der Waals surface area contributed by atoms with Gasteiger partial charge < -0.3 is 9.59 Å². The summed E-state index contributed by atoms with van der Waals surface area (Å²) >= 11 is 0. The molecule has 1 aliphatic rings. The summed E-state index contributed by atoms with van der Waals surface area (Å²) in [4.78, 5) is 22.7. The molecule has 1 fully saturated rings. The van der Waals surface area contributed by atoms with Crippen molar-refractivity contribution in [1.82, 2.24) is 4.90 Å². The van der Waals surface area contributed by atoms with Crippen LogP contribution in [0.5, 0.6) is 0 Å². The van der Waals surface area contributed by atoms with E-state index in [1.54, 1.807) is 0 Å². The van der Waals surface area contributed by atoms with Crippen molar-refractivity contribution in [3.63, 3.8) is 0 Å². The third-order valence-corrected chi connectivity index (χ3v) is 2.71. The minimum atomic E-state index is 0.406. The summed E-state index contributed by atoms with van der Waals surface area (Å²) in [5, 5.41) is 0. The molecule has 3 nitrogen and oxygen atoms in total. The van der Waals surface area contributed by atoms with Crippen LogP contribution in [0.15, 0.2) is 0 Å². The van der Waals surface area contributed by atoms with E-state index < -0.39 is 0 Å². The average molecular weight is 183 g/mol. The molecule has 0 aliphatic heterocycles. The summed E-state index contributed by atoms with van der Waals surface area (Å²) in [7, 11) is 0. The smallest absolute Gasteiger partial charge is 0.134 e. The van der Waals surface area contributed by atoms with Gasteiger partial charge in [0.05, 0.1) is 13.1 Å². The van der Waals surface area contributed by atoms with Crippen LogP contribution in [0.4, 0.5) is 0 Å². The molecule has 0 amide bonds. The number of carbonyl (C=O) groups excluding carboxylic acids is 2. The van der Waals surface area contributed by atoms with Gasteiger partial charge in [-0.25, -0.2) is 0 Å². The van der Waals surface area contributed by atoms with Crippen LogP contribution in [0.2, 0.25) is 0 Å². The van der Waals surface area contributed by atoms with Gasteiger partial charge >= 0.3 is 0 Å². The van der Waals surface area contributed by atoms with Gasteiger partial charge in [-0.05, 0) is 12.8 Å². The van der Waals surface area contributed by atoms with Crippen LogP contribution in [-0.4, -0.2) is 36.6 Å². The van der Waals surface area contributed by atoms with Gasteiger partial charge in [-0.1, -0.05) is 19.3 Å². The molecule has 0 heterocycles. The minimum Gasteiger partial charge on any atom is -0.302 e. The van der Waals surface area contributed by atoms with Gasteiger partial charge in [-0.15, -0.1) is 0 Å². The van der Waals surface area contributed by atoms with E-state index in [9.17, 15) is 9.59 Å². The van der Waals surface area contributed by atoms with Gasteiger partial charge in [0.15, 0.2) is 0 Å². The number of rotatable bonds is 5. The van der Waals surface area contributed by atoms with E-state index in [-0.39, 0.29) is 0 Å². The van der Waals surface area contributed by atoms with Crippen molar-refractivity contribution < 1.29 is 9.59 Å². The zero-order chi connectivity index (χ0) is 9.52. The Hall–Kier alpha value is -0.700. The molecule has 0 saturated heterocycles. The molecule has 0 unspecified atom stereocenters. The van der Waals surface area contributed by atoms with Gasteiger partial charge in [0, 0.05) is 6.04 Å². The second-order valence-electron chi connectivity index (χ2n) is 3.58. The summed E-state index contributed by atoms with van der Waals surface area (Å²) in [5.41, 5.74) is 0. The van der Waals surface area contributed by atoms with Gasteiger partial charge in [0.2, 0.25) is 0 Å². The summed E-state index contributed by atoms with van der Waals surface area (Å²) < 4.78 is 0. The number of hydrogen-bond donors (Lipinski definition) is 0. The molecular formula is C10H17NO2. The van der Waals surface area contributed by atoms with Crippen LogP contribution in [0.25, 0.3) is 0 Å². The summed E-state index contributed by atoms with van der Waals surface area (Å²) in [5.74, 6) is 0. The van der Waals surface area contributed by atoms with Crippen molar-refractivity contribution >= 4 is 12.6 Å². The fourth-order valence-corrected chi connectivity index (χ4v) is 2.01.